The Balaban J connectivity index is 2.90. The molecule has 1 rings (SSSR count). The zero-order chi connectivity index (χ0) is 10.6. The smallest absolute Gasteiger partial charge is 0.188 e. The van der Waals surface area contributed by atoms with Gasteiger partial charge in [-0.05, 0) is 25.1 Å². The summed E-state index contributed by atoms with van der Waals surface area (Å²) in [6.07, 6.45) is -0.556. The fraction of sp³-hybridized carbons (Fsp3) is 0.400. The Morgan fingerprint density at radius 3 is 2.79 bits per heavy atom. The lowest BCUT2D eigenvalue weighted by molar-refractivity contribution is 0.0484. The predicted octanol–water partition coefficient (Wildman–Crippen LogP) is 2.49. The van der Waals surface area contributed by atoms with Crippen LogP contribution in [0.25, 0.3) is 0 Å². The molecule has 3 nitrogen and oxygen atoms in total. The first kappa shape index (κ1) is 11.5. The second-order valence-corrected chi connectivity index (χ2v) is 3.82. The second kappa shape index (κ2) is 5.34. The summed E-state index contributed by atoms with van der Waals surface area (Å²) in [5.41, 5.74) is 0.747. The summed E-state index contributed by atoms with van der Waals surface area (Å²) in [6.45, 7) is 1.88. The third kappa shape index (κ3) is 2.97. The SMILES string of the molecule is COCOc1ccc(Br)cc1[C@H](C)O. The van der Waals surface area contributed by atoms with Crippen LogP contribution in [0.5, 0.6) is 5.75 Å². The van der Waals surface area contributed by atoms with E-state index < -0.39 is 6.10 Å². The highest BCUT2D eigenvalue weighted by Crippen LogP contribution is 2.28. The Labute approximate surface area is 91.8 Å². The van der Waals surface area contributed by atoms with E-state index in [2.05, 4.69) is 15.9 Å². The van der Waals surface area contributed by atoms with Crippen LogP contribution in [0.2, 0.25) is 0 Å². The maximum absolute atomic E-state index is 9.49. The van der Waals surface area contributed by atoms with Crippen molar-refractivity contribution in [1.29, 1.82) is 0 Å². The Kier molecular flexibility index (Phi) is 4.38. The molecular formula is C10H13BrO3. The van der Waals surface area contributed by atoms with Gasteiger partial charge in [0.1, 0.15) is 5.75 Å². The van der Waals surface area contributed by atoms with E-state index in [0.717, 1.165) is 10.0 Å². The maximum Gasteiger partial charge on any atom is 0.188 e. The zero-order valence-corrected chi connectivity index (χ0v) is 9.74. The maximum atomic E-state index is 9.49. The Morgan fingerprint density at radius 2 is 2.21 bits per heavy atom. The van der Waals surface area contributed by atoms with Gasteiger partial charge < -0.3 is 14.6 Å². The van der Waals surface area contributed by atoms with Crippen molar-refractivity contribution in [3.05, 3.63) is 28.2 Å². The summed E-state index contributed by atoms with van der Waals surface area (Å²) in [4.78, 5) is 0. The van der Waals surface area contributed by atoms with E-state index in [-0.39, 0.29) is 6.79 Å². The van der Waals surface area contributed by atoms with Gasteiger partial charge in [-0.25, -0.2) is 0 Å². The number of methoxy groups -OCH3 is 1. The molecule has 1 aromatic carbocycles. The van der Waals surface area contributed by atoms with E-state index in [9.17, 15) is 5.11 Å². The molecule has 0 aliphatic carbocycles. The van der Waals surface area contributed by atoms with E-state index in [1.54, 1.807) is 20.1 Å². The van der Waals surface area contributed by atoms with E-state index in [0.29, 0.717) is 5.75 Å². The van der Waals surface area contributed by atoms with Crippen LogP contribution in [0.4, 0.5) is 0 Å². The molecule has 0 saturated carbocycles. The standard InChI is InChI=1S/C10H13BrO3/c1-7(12)9-5-8(11)3-4-10(9)14-6-13-2/h3-5,7,12H,6H2,1-2H3/t7-/m0/s1. The number of hydrogen-bond donors (Lipinski definition) is 1. The van der Waals surface area contributed by atoms with Crippen LogP contribution in [-0.4, -0.2) is 19.0 Å². The van der Waals surface area contributed by atoms with E-state index in [1.165, 1.54) is 0 Å². The van der Waals surface area contributed by atoms with Gasteiger partial charge in [-0.2, -0.15) is 0 Å². The summed E-state index contributed by atoms with van der Waals surface area (Å²) in [5.74, 6) is 0.644. The minimum Gasteiger partial charge on any atom is -0.467 e. The fourth-order valence-electron chi connectivity index (χ4n) is 1.10. The molecule has 4 heteroatoms. The summed E-state index contributed by atoms with van der Waals surface area (Å²) in [7, 11) is 1.56. The van der Waals surface area contributed by atoms with Crippen LogP contribution in [0.15, 0.2) is 22.7 Å². The van der Waals surface area contributed by atoms with Gasteiger partial charge in [0.2, 0.25) is 0 Å². The van der Waals surface area contributed by atoms with Gasteiger partial charge in [-0.1, -0.05) is 15.9 Å². The van der Waals surface area contributed by atoms with Gasteiger partial charge in [-0.3, -0.25) is 0 Å². The molecule has 0 aromatic heterocycles. The van der Waals surface area contributed by atoms with E-state index in [4.69, 9.17) is 9.47 Å². The third-order valence-electron chi connectivity index (χ3n) is 1.75. The highest BCUT2D eigenvalue weighted by Gasteiger charge is 2.09. The zero-order valence-electron chi connectivity index (χ0n) is 8.16. The van der Waals surface area contributed by atoms with Gasteiger partial charge in [0.25, 0.3) is 0 Å². The van der Waals surface area contributed by atoms with Crippen molar-refractivity contribution < 1.29 is 14.6 Å². The summed E-state index contributed by atoms with van der Waals surface area (Å²) < 4.78 is 11.0. The minimum absolute atomic E-state index is 0.182. The Morgan fingerprint density at radius 1 is 1.50 bits per heavy atom. The lowest BCUT2D eigenvalue weighted by atomic mass is 10.1. The number of halogens is 1. The van der Waals surface area contributed by atoms with Crippen molar-refractivity contribution in [1.82, 2.24) is 0 Å². The van der Waals surface area contributed by atoms with Crippen molar-refractivity contribution in [2.45, 2.75) is 13.0 Å². The summed E-state index contributed by atoms with van der Waals surface area (Å²) >= 11 is 3.33. The highest BCUT2D eigenvalue weighted by atomic mass is 79.9. The van der Waals surface area contributed by atoms with Gasteiger partial charge in [0.05, 0.1) is 6.10 Å². The van der Waals surface area contributed by atoms with Gasteiger partial charge in [-0.15, -0.1) is 0 Å². The number of benzene rings is 1. The molecule has 78 valence electrons. The van der Waals surface area contributed by atoms with Crippen molar-refractivity contribution in [2.75, 3.05) is 13.9 Å². The van der Waals surface area contributed by atoms with Crippen LogP contribution in [0.3, 0.4) is 0 Å². The normalized spacial score (nSPS) is 12.6. The highest BCUT2D eigenvalue weighted by molar-refractivity contribution is 9.10. The molecule has 14 heavy (non-hydrogen) atoms. The molecule has 0 aliphatic heterocycles. The predicted molar refractivity (Wildman–Crippen MR) is 57.3 cm³/mol. The lowest BCUT2D eigenvalue weighted by Gasteiger charge is -2.12. The molecule has 1 N–H and O–H groups in total. The molecule has 1 aromatic rings. The average molecular weight is 261 g/mol. The lowest BCUT2D eigenvalue weighted by Crippen LogP contribution is -2.03. The first-order valence-corrected chi connectivity index (χ1v) is 5.03. The first-order valence-electron chi connectivity index (χ1n) is 4.24. The number of ether oxygens (including phenoxy) is 2. The van der Waals surface area contributed by atoms with E-state index in [1.807, 2.05) is 12.1 Å². The summed E-state index contributed by atoms with van der Waals surface area (Å²) in [6, 6.07) is 5.48. The number of hydrogen-bond acceptors (Lipinski definition) is 3. The molecule has 0 aliphatic rings. The quantitative estimate of drug-likeness (QED) is 0.846. The molecule has 0 bridgehead atoms. The number of rotatable bonds is 4. The third-order valence-corrected chi connectivity index (χ3v) is 2.25. The van der Waals surface area contributed by atoms with Crippen LogP contribution < -0.4 is 4.74 Å². The summed E-state index contributed by atoms with van der Waals surface area (Å²) in [5, 5.41) is 9.49. The Bertz CT molecular complexity index is 299. The van der Waals surface area contributed by atoms with Gasteiger partial charge in [0, 0.05) is 17.1 Å². The van der Waals surface area contributed by atoms with Crippen LogP contribution in [-0.2, 0) is 4.74 Å². The number of aliphatic hydroxyl groups excluding tert-OH is 1. The average Bonchev–Trinajstić information content (AvgIpc) is 2.15. The fourth-order valence-corrected chi connectivity index (χ4v) is 1.48. The van der Waals surface area contributed by atoms with Crippen molar-refractivity contribution >= 4 is 15.9 Å². The Hall–Kier alpha value is -0.580. The molecule has 0 radical (unpaired) electrons. The van der Waals surface area contributed by atoms with Crippen molar-refractivity contribution in [3.63, 3.8) is 0 Å². The molecule has 0 heterocycles. The van der Waals surface area contributed by atoms with E-state index >= 15 is 0 Å². The molecule has 0 amide bonds. The second-order valence-electron chi connectivity index (χ2n) is 2.91. The van der Waals surface area contributed by atoms with Gasteiger partial charge >= 0.3 is 0 Å². The molecule has 0 fully saturated rings. The topological polar surface area (TPSA) is 38.7 Å². The van der Waals surface area contributed by atoms with Crippen molar-refractivity contribution in [2.24, 2.45) is 0 Å². The number of aliphatic hydroxyl groups is 1. The van der Waals surface area contributed by atoms with Crippen LogP contribution in [0, 0.1) is 0 Å². The largest absolute Gasteiger partial charge is 0.467 e. The van der Waals surface area contributed by atoms with Crippen LogP contribution in [0.1, 0.15) is 18.6 Å². The first-order chi connectivity index (χ1) is 6.65. The molecule has 0 saturated heterocycles. The monoisotopic (exact) mass is 260 g/mol. The van der Waals surface area contributed by atoms with Gasteiger partial charge in [0.15, 0.2) is 6.79 Å². The van der Waals surface area contributed by atoms with Crippen LogP contribution >= 0.6 is 15.9 Å². The molecular weight excluding hydrogens is 248 g/mol. The molecule has 1 atom stereocenters. The molecule has 0 unspecified atom stereocenters. The molecule has 0 spiro atoms. The minimum atomic E-state index is -0.556. The van der Waals surface area contributed by atoms with Crippen molar-refractivity contribution in [3.8, 4) is 5.75 Å².